The number of aryl methyl sites for hydroxylation is 1. The molecule has 0 aromatic carbocycles. The average molecular weight is 341 g/mol. The molecule has 0 bridgehead atoms. The predicted octanol–water partition coefficient (Wildman–Crippen LogP) is 0.311. The van der Waals surface area contributed by atoms with Gasteiger partial charge in [0.15, 0.2) is 0 Å². The average Bonchev–Trinajstić information content (AvgIpc) is 2.96. The minimum absolute atomic E-state index is 0.145. The van der Waals surface area contributed by atoms with E-state index in [4.69, 9.17) is 0 Å². The Kier molecular flexibility index (Phi) is 4.78. The molecule has 0 aliphatic heterocycles. The second-order valence-electron chi connectivity index (χ2n) is 5.81. The standard InChI is InChI=1S/C17H19N5O3/c1-11-13(16(24)21-17(25)19-11)5-6-15(23)18-8-7-12-10-22-9-3-2-4-14(22)20-12/h2-4,9-10H,5-8H2,1H3,(H,18,23)(H2,19,21,24,25). The summed E-state index contributed by atoms with van der Waals surface area (Å²) in [6.07, 6.45) is 4.95. The van der Waals surface area contributed by atoms with Gasteiger partial charge in [-0.05, 0) is 25.5 Å². The lowest BCUT2D eigenvalue weighted by Crippen LogP contribution is -2.29. The molecule has 3 heterocycles. The number of pyridine rings is 1. The molecule has 0 aliphatic carbocycles. The van der Waals surface area contributed by atoms with Crippen LogP contribution in [0.3, 0.4) is 0 Å². The highest BCUT2D eigenvalue weighted by Gasteiger charge is 2.09. The van der Waals surface area contributed by atoms with Gasteiger partial charge < -0.3 is 14.7 Å². The normalized spacial score (nSPS) is 10.9. The number of carbonyl (C=O) groups is 1. The zero-order chi connectivity index (χ0) is 17.8. The van der Waals surface area contributed by atoms with Crippen molar-refractivity contribution in [3.05, 3.63) is 68.4 Å². The summed E-state index contributed by atoms with van der Waals surface area (Å²) in [6, 6.07) is 5.78. The van der Waals surface area contributed by atoms with E-state index in [1.807, 2.05) is 35.0 Å². The number of imidazole rings is 1. The molecular weight excluding hydrogens is 322 g/mol. The van der Waals surface area contributed by atoms with Crippen molar-refractivity contribution in [2.45, 2.75) is 26.2 Å². The molecule has 25 heavy (non-hydrogen) atoms. The van der Waals surface area contributed by atoms with Crippen molar-refractivity contribution in [2.75, 3.05) is 6.54 Å². The van der Waals surface area contributed by atoms with Crippen molar-refractivity contribution in [1.29, 1.82) is 0 Å². The first kappa shape index (κ1) is 16.7. The van der Waals surface area contributed by atoms with Crippen LogP contribution in [0.15, 0.2) is 40.2 Å². The number of nitrogens with zero attached hydrogens (tertiary/aromatic N) is 2. The highest BCUT2D eigenvalue weighted by atomic mass is 16.2. The maximum Gasteiger partial charge on any atom is 0.325 e. The Balaban J connectivity index is 1.50. The van der Waals surface area contributed by atoms with Crippen LogP contribution in [0.2, 0.25) is 0 Å². The van der Waals surface area contributed by atoms with Crippen molar-refractivity contribution in [1.82, 2.24) is 24.7 Å². The van der Waals surface area contributed by atoms with Crippen molar-refractivity contribution >= 4 is 11.6 Å². The van der Waals surface area contributed by atoms with E-state index in [1.165, 1.54) is 0 Å². The minimum atomic E-state index is -0.539. The van der Waals surface area contributed by atoms with Crippen molar-refractivity contribution in [3.8, 4) is 0 Å². The highest BCUT2D eigenvalue weighted by molar-refractivity contribution is 5.76. The van der Waals surface area contributed by atoms with Crippen LogP contribution in [-0.2, 0) is 17.6 Å². The van der Waals surface area contributed by atoms with E-state index in [0.717, 1.165) is 11.3 Å². The van der Waals surface area contributed by atoms with E-state index >= 15 is 0 Å². The number of aromatic nitrogens is 4. The number of fused-ring (bicyclic) bond motifs is 1. The van der Waals surface area contributed by atoms with Crippen LogP contribution in [0.4, 0.5) is 0 Å². The van der Waals surface area contributed by atoms with E-state index in [2.05, 4.69) is 20.3 Å². The van der Waals surface area contributed by atoms with E-state index in [-0.39, 0.29) is 18.7 Å². The third-order valence-electron chi connectivity index (χ3n) is 3.97. The van der Waals surface area contributed by atoms with Gasteiger partial charge in [-0.3, -0.25) is 14.6 Å². The van der Waals surface area contributed by atoms with E-state index in [1.54, 1.807) is 6.92 Å². The number of rotatable bonds is 6. The van der Waals surface area contributed by atoms with Crippen LogP contribution in [0, 0.1) is 6.92 Å². The predicted molar refractivity (Wildman–Crippen MR) is 92.6 cm³/mol. The summed E-state index contributed by atoms with van der Waals surface area (Å²) in [5, 5.41) is 2.82. The summed E-state index contributed by atoms with van der Waals surface area (Å²) in [6.45, 7) is 2.12. The molecule has 0 atom stereocenters. The molecule has 8 nitrogen and oxygen atoms in total. The first-order chi connectivity index (χ1) is 12.0. The molecule has 3 aromatic rings. The van der Waals surface area contributed by atoms with Crippen LogP contribution < -0.4 is 16.6 Å². The molecule has 1 amide bonds. The lowest BCUT2D eigenvalue weighted by molar-refractivity contribution is -0.121. The number of amides is 1. The second kappa shape index (κ2) is 7.16. The van der Waals surface area contributed by atoms with Gasteiger partial charge in [-0.25, -0.2) is 9.78 Å². The second-order valence-corrected chi connectivity index (χ2v) is 5.81. The molecule has 3 aromatic heterocycles. The van der Waals surface area contributed by atoms with Gasteiger partial charge in [-0.1, -0.05) is 6.07 Å². The van der Waals surface area contributed by atoms with Crippen LogP contribution in [0.25, 0.3) is 5.65 Å². The van der Waals surface area contributed by atoms with Gasteiger partial charge in [0.1, 0.15) is 5.65 Å². The van der Waals surface area contributed by atoms with Crippen LogP contribution in [0.1, 0.15) is 23.4 Å². The van der Waals surface area contributed by atoms with Crippen LogP contribution in [0.5, 0.6) is 0 Å². The van der Waals surface area contributed by atoms with Crippen LogP contribution >= 0.6 is 0 Å². The van der Waals surface area contributed by atoms with Gasteiger partial charge in [0, 0.05) is 43.0 Å². The van der Waals surface area contributed by atoms with Crippen molar-refractivity contribution < 1.29 is 4.79 Å². The summed E-state index contributed by atoms with van der Waals surface area (Å²) in [7, 11) is 0. The topological polar surface area (TPSA) is 112 Å². The molecule has 8 heteroatoms. The summed E-state index contributed by atoms with van der Waals surface area (Å²) in [4.78, 5) is 44.0. The number of nitrogens with one attached hydrogen (secondary N) is 3. The maximum absolute atomic E-state index is 11.9. The number of H-pyrrole nitrogens is 2. The summed E-state index contributed by atoms with van der Waals surface area (Å²) < 4.78 is 1.93. The first-order valence-electron chi connectivity index (χ1n) is 8.04. The molecule has 0 unspecified atom stereocenters. The molecule has 0 saturated carbocycles. The number of hydrogen-bond acceptors (Lipinski definition) is 4. The largest absolute Gasteiger partial charge is 0.356 e. The molecule has 0 aliphatic rings. The minimum Gasteiger partial charge on any atom is -0.356 e. The monoisotopic (exact) mass is 341 g/mol. The first-order valence-corrected chi connectivity index (χ1v) is 8.04. The smallest absolute Gasteiger partial charge is 0.325 e. The Bertz CT molecular complexity index is 982. The van der Waals surface area contributed by atoms with E-state index < -0.39 is 11.2 Å². The summed E-state index contributed by atoms with van der Waals surface area (Å²) in [5.74, 6) is -0.145. The fourth-order valence-electron chi connectivity index (χ4n) is 2.69. The third-order valence-corrected chi connectivity index (χ3v) is 3.97. The summed E-state index contributed by atoms with van der Waals surface area (Å²) in [5.41, 5.74) is 1.71. The Labute approximate surface area is 142 Å². The number of carbonyl (C=O) groups excluding carboxylic acids is 1. The number of aromatic amines is 2. The fraction of sp³-hybridized carbons (Fsp3) is 0.294. The molecule has 0 fully saturated rings. The molecule has 3 N–H and O–H groups in total. The molecule has 130 valence electrons. The van der Waals surface area contributed by atoms with E-state index in [9.17, 15) is 14.4 Å². The molecule has 3 rings (SSSR count). The molecular formula is C17H19N5O3. The van der Waals surface area contributed by atoms with E-state index in [0.29, 0.717) is 24.2 Å². The van der Waals surface area contributed by atoms with Gasteiger partial charge in [0.25, 0.3) is 5.56 Å². The zero-order valence-electron chi connectivity index (χ0n) is 13.8. The molecule has 0 radical (unpaired) electrons. The Hall–Kier alpha value is -3.16. The van der Waals surface area contributed by atoms with Gasteiger partial charge in [-0.2, -0.15) is 0 Å². The lowest BCUT2D eigenvalue weighted by Gasteiger charge is -2.05. The SMILES string of the molecule is Cc1[nH]c(=O)[nH]c(=O)c1CCC(=O)NCCc1cn2ccccc2n1. The zero-order valence-corrected chi connectivity index (χ0v) is 13.8. The van der Waals surface area contributed by atoms with Crippen LogP contribution in [-0.4, -0.2) is 31.8 Å². The molecule has 0 saturated heterocycles. The third kappa shape index (κ3) is 4.03. The Morgan fingerprint density at radius 3 is 2.84 bits per heavy atom. The van der Waals surface area contributed by atoms with Crippen molar-refractivity contribution in [3.63, 3.8) is 0 Å². The quantitative estimate of drug-likeness (QED) is 0.599. The fourth-order valence-corrected chi connectivity index (χ4v) is 2.69. The number of hydrogen-bond donors (Lipinski definition) is 3. The van der Waals surface area contributed by atoms with Gasteiger partial charge >= 0.3 is 5.69 Å². The Morgan fingerprint density at radius 2 is 2.08 bits per heavy atom. The van der Waals surface area contributed by atoms with Crippen molar-refractivity contribution in [2.24, 2.45) is 0 Å². The van der Waals surface area contributed by atoms with Gasteiger partial charge in [0.2, 0.25) is 5.91 Å². The summed E-state index contributed by atoms with van der Waals surface area (Å²) >= 11 is 0. The lowest BCUT2D eigenvalue weighted by atomic mass is 10.1. The maximum atomic E-state index is 11.9. The highest BCUT2D eigenvalue weighted by Crippen LogP contribution is 2.05. The molecule has 0 spiro atoms. The Morgan fingerprint density at radius 1 is 1.24 bits per heavy atom. The van der Waals surface area contributed by atoms with Gasteiger partial charge in [0.05, 0.1) is 5.69 Å². The van der Waals surface area contributed by atoms with Gasteiger partial charge in [-0.15, -0.1) is 0 Å².